The number of aromatic nitrogens is 1. The van der Waals surface area contributed by atoms with Crippen LogP contribution in [0.25, 0.3) is 0 Å². The summed E-state index contributed by atoms with van der Waals surface area (Å²) < 4.78 is 2.72. The summed E-state index contributed by atoms with van der Waals surface area (Å²) in [5.74, 6) is -1.06. The van der Waals surface area contributed by atoms with E-state index in [2.05, 4.69) is 21.2 Å². The zero-order valence-electron chi connectivity index (χ0n) is 12.5. The van der Waals surface area contributed by atoms with Gasteiger partial charge in [-0.1, -0.05) is 6.42 Å². The van der Waals surface area contributed by atoms with Crippen LogP contribution >= 0.6 is 15.9 Å². The van der Waals surface area contributed by atoms with Crippen molar-refractivity contribution in [3.8, 4) is 0 Å². The van der Waals surface area contributed by atoms with Gasteiger partial charge in [-0.05, 0) is 55.6 Å². The molecule has 0 aliphatic heterocycles. The Labute approximate surface area is 132 Å². The van der Waals surface area contributed by atoms with Crippen LogP contribution in [0, 0.1) is 5.41 Å². The molecule has 0 bridgehead atoms. The lowest BCUT2D eigenvalue weighted by Gasteiger charge is -2.28. The van der Waals surface area contributed by atoms with Gasteiger partial charge in [0.05, 0.1) is 5.41 Å². The van der Waals surface area contributed by atoms with Crippen molar-refractivity contribution in [2.45, 2.75) is 52.1 Å². The first-order valence-corrected chi connectivity index (χ1v) is 7.96. The van der Waals surface area contributed by atoms with E-state index in [1.165, 1.54) is 0 Å². The number of carbonyl (C=O) groups is 2. The zero-order valence-corrected chi connectivity index (χ0v) is 14.1. The number of hydrogen-bond donors (Lipinski definition) is 2. The average Bonchev–Trinajstić information content (AvgIpc) is 2.95. The molecule has 1 aromatic rings. The van der Waals surface area contributed by atoms with E-state index in [-0.39, 0.29) is 18.0 Å². The lowest BCUT2D eigenvalue weighted by molar-refractivity contribution is -0.148. The van der Waals surface area contributed by atoms with Crippen LogP contribution in [0.1, 0.15) is 56.6 Å². The van der Waals surface area contributed by atoms with Gasteiger partial charge in [-0.15, -0.1) is 0 Å². The fourth-order valence-corrected chi connectivity index (χ4v) is 3.38. The quantitative estimate of drug-likeness (QED) is 0.869. The number of carboxylic acid groups (broad SMARTS) is 1. The Kier molecular flexibility index (Phi) is 4.46. The number of aliphatic carboxylic acids is 1. The van der Waals surface area contributed by atoms with Crippen LogP contribution < -0.4 is 5.32 Å². The molecule has 2 unspecified atom stereocenters. The van der Waals surface area contributed by atoms with E-state index < -0.39 is 11.4 Å². The average molecular weight is 357 g/mol. The molecule has 1 amide bonds. The van der Waals surface area contributed by atoms with Gasteiger partial charge in [-0.2, -0.15) is 0 Å². The predicted octanol–water partition coefficient (Wildman–Crippen LogP) is 3.20. The van der Waals surface area contributed by atoms with Crippen molar-refractivity contribution in [1.29, 1.82) is 0 Å². The maximum absolute atomic E-state index is 12.5. The van der Waals surface area contributed by atoms with Crippen molar-refractivity contribution in [3.05, 3.63) is 22.4 Å². The number of hydrogen-bond acceptors (Lipinski definition) is 2. The van der Waals surface area contributed by atoms with E-state index in [1.54, 1.807) is 13.0 Å². The van der Waals surface area contributed by atoms with Gasteiger partial charge in [0, 0.05) is 22.8 Å². The van der Waals surface area contributed by atoms with Gasteiger partial charge >= 0.3 is 5.97 Å². The molecule has 1 aliphatic carbocycles. The minimum atomic E-state index is -0.873. The zero-order chi connectivity index (χ0) is 15.8. The molecular formula is C15H21BrN2O3. The van der Waals surface area contributed by atoms with Crippen LogP contribution in [-0.4, -0.2) is 27.6 Å². The third kappa shape index (κ3) is 3.00. The number of carbonyl (C=O) groups excluding carboxylic acids is 1. The van der Waals surface area contributed by atoms with Gasteiger partial charge in [0.15, 0.2) is 0 Å². The first-order valence-electron chi connectivity index (χ1n) is 7.17. The summed E-state index contributed by atoms with van der Waals surface area (Å²) >= 11 is 3.38. The molecule has 0 spiro atoms. The minimum absolute atomic E-state index is 0.159. The van der Waals surface area contributed by atoms with Crippen molar-refractivity contribution in [3.63, 3.8) is 0 Å². The first kappa shape index (κ1) is 16.1. The number of nitrogens with zero attached hydrogens (tertiary/aromatic N) is 1. The van der Waals surface area contributed by atoms with Crippen LogP contribution in [0.2, 0.25) is 0 Å². The second kappa shape index (κ2) is 5.83. The summed E-state index contributed by atoms with van der Waals surface area (Å²) in [5.41, 5.74) is -0.321. The maximum Gasteiger partial charge on any atom is 0.311 e. The predicted molar refractivity (Wildman–Crippen MR) is 83.4 cm³/mol. The molecule has 5 nitrogen and oxygen atoms in total. The van der Waals surface area contributed by atoms with Crippen LogP contribution in [0.3, 0.4) is 0 Å². The molecule has 116 valence electrons. The first-order chi connectivity index (χ1) is 9.75. The monoisotopic (exact) mass is 356 g/mol. The van der Waals surface area contributed by atoms with Gasteiger partial charge in [0.2, 0.25) is 0 Å². The molecule has 6 heteroatoms. The van der Waals surface area contributed by atoms with Gasteiger partial charge in [-0.3, -0.25) is 9.59 Å². The highest BCUT2D eigenvalue weighted by atomic mass is 79.9. The standard InChI is InChI=1S/C15H21BrN2O3/c1-9(2)18-8-10(16)7-11(18)13(19)17-12-5-4-6-15(12,3)14(20)21/h7-9,12H,4-6H2,1-3H3,(H,17,19)(H,20,21). The molecule has 2 rings (SSSR count). The molecule has 1 aromatic heterocycles. The number of rotatable bonds is 4. The Hall–Kier alpha value is -1.30. The summed E-state index contributed by atoms with van der Waals surface area (Å²) in [7, 11) is 0. The Morgan fingerprint density at radius 2 is 2.19 bits per heavy atom. The molecule has 21 heavy (non-hydrogen) atoms. The smallest absolute Gasteiger partial charge is 0.311 e. The van der Waals surface area contributed by atoms with E-state index in [0.29, 0.717) is 18.5 Å². The third-order valence-corrected chi connectivity index (χ3v) is 4.79. The Bertz CT molecular complexity index is 567. The highest BCUT2D eigenvalue weighted by molar-refractivity contribution is 9.10. The van der Waals surface area contributed by atoms with Crippen LogP contribution in [-0.2, 0) is 4.79 Å². The van der Waals surface area contributed by atoms with Crippen molar-refractivity contribution in [2.75, 3.05) is 0 Å². The molecule has 2 N–H and O–H groups in total. The second-order valence-electron chi connectivity index (χ2n) is 6.19. The minimum Gasteiger partial charge on any atom is -0.481 e. The normalized spacial score (nSPS) is 25.3. The van der Waals surface area contributed by atoms with Gasteiger partial charge < -0.3 is 15.0 Å². The Balaban J connectivity index is 2.21. The van der Waals surface area contributed by atoms with Crippen molar-refractivity contribution >= 4 is 27.8 Å². The number of amides is 1. The van der Waals surface area contributed by atoms with Gasteiger partial charge in [0.1, 0.15) is 5.69 Å². The highest BCUT2D eigenvalue weighted by Gasteiger charge is 2.46. The van der Waals surface area contributed by atoms with Crippen molar-refractivity contribution in [2.24, 2.45) is 5.41 Å². The van der Waals surface area contributed by atoms with Crippen molar-refractivity contribution in [1.82, 2.24) is 9.88 Å². The molecule has 1 fully saturated rings. The van der Waals surface area contributed by atoms with E-state index in [4.69, 9.17) is 0 Å². The molecule has 2 atom stereocenters. The van der Waals surface area contributed by atoms with Crippen LogP contribution in [0.5, 0.6) is 0 Å². The molecule has 1 aliphatic rings. The van der Waals surface area contributed by atoms with E-state index in [0.717, 1.165) is 10.9 Å². The van der Waals surface area contributed by atoms with E-state index in [9.17, 15) is 14.7 Å². The molecular weight excluding hydrogens is 336 g/mol. The maximum atomic E-state index is 12.5. The second-order valence-corrected chi connectivity index (χ2v) is 7.10. The van der Waals surface area contributed by atoms with Crippen LogP contribution in [0.4, 0.5) is 0 Å². The van der Waals surface area contributed by atoms with Gasteiger partial charge in [-0.25, -0.2) is 0 Å². The SMILES string of the molecule is CC(C)n1cc(Br)cc1C(=O)NC1CCCC1(C)C(=O)O. The third-order valence-electron chi connectivity index (χ3n) is 4.36. The number of halogens is 1. The van der Waals surface area contributed by atoms with Gasteiger partial charge in [0.25, 0.3) is 5.91 Å². The van der Waals surface area contributed by atoms with E-state index >= 15 is 0 Å². The molecule has 1 heterocycles. The molecule has 0 saturated heterocycles. The number of nitrogens with one attached hydrogen (secondary N) is 1. The summed E-state index contributed by atoms with van der Waals surface area (Å²) in [6.45, 7) is 5.71. The Morgan fingerprint density at radius 1 is 1.52 bits per heavy atom. The molecule has 0 aromatic carbocycles. The fourth-order valence-electron chi connectivity index (χ4n) is 2.94. The van der Waals surface area contributed by atoms with Crippen LogP contribution in [0.15, 0.2) is 16.7 Å². The lowest BCUT2D eigenvalue weighted by Crippen LogP contribution is -2.47. The Morgan fingerprint density at radius 3 is 2.76 bits per heavy atom. The summed E-state index contributed by atoms with van der Waals surface area (Å²) in [5, 5.41) is 12.3. The fraction of sp³-hybridized carbons (Fsp3) is 0.600. The van der Waals surface area contributed by atoms with E-state index in [1.807, 2.05) is 24.6 Å². The highest BCUT2D eigenvalue weighted by Crippen LogP contribution is 2.38. The molecule has 1 saturated carbocycles. The summed E-state index contributed by atoms with van der Waals surface area (Å²) in [6.07, 6.45) is 3.99. The largest absolute Gasteiger partial charge is 0.481 e. The lowest BCUT2D eigenvalue weighted by atomic mass is 9.85. The number of carboxylic acids is 1. The topological polar surface area (TPSA) is 71.3 Å². The summed E-state index contributed by atoms with van der Waals surface area (Å²) in [4.78, 5) is 24.0. The summed E-state index contributed by atoms with van der Waals surface area (Å²) in [6, 6.07) is 1.60. The van der Waals surface area contributed by atoms with Crippen molar-refractivity contribution < 1.29 is 14.7 Å². The molecule has 0 radical (unpaired) electrons.